The summed E-state index contributed by atoms with van der Waals surface area (Å²) >= 11 is 6.29. The Labute approximate surface area is 129 Å². The van der Waals surface area contributed by atoms with Gasteiger partial charge in [-0.3, -0.25) is 0 Å². The lowest BCUT2D eigenvalue weighted by molar-refractivity contribution is 0.199. The van der Waals surface area contributed by atoms with Crippen LogP contribution in [0.1, 0.15) is 26.3 Å². The number of halogens is 1. The molecule has 1 aromatic carbocycles. The molecular weight excluding hydrogens is 266 g/mol. The van der Waals surface area contributed by atoms with E-state index in [1.807, 2.05) is 6.08 Å². The van der Waals surface area contributed by atoms with Gasteiger partial charge in [0.05, 0.1) is 5.38 Å². The predicted molar refractivity (Wildman–Crippen MR) is 90.1 cm³/mol. The smallest absolute Gasteiger partial charge is 0.0541 e. The second-order valence-electron chi connectivity index (χ2n) is 6.06. The van der Waals surface area contributed by atoms with Gasteiger partial charge in [-0.1, -0.05) is 57.2 Å². The lowest BCUT2D eigenvalue weighted by Crippen LogP contribution is -2.31. The van der Waals surface area contributed by atoms with Crippen LogP contribution in [-0.4, -0.2) is 23.9 Å². The summed E-state index contributed by atoms with van der Waals surface area (Å²) in [5.74, 6) is 1.64. The first-order valence-corrected chi connectivity index (χ1v) is 7.88. The van der Waals surface area contributed by atoms with E-state index in [4.69, 9.17) is 11.6 Å². The number of hydrogen-bond donors (Lipinski definition) is 0. The fraction of sp³-hybridized carbons (Fsp3) is 0.556. The maximum Gasteiger partial charge on any atom is 0.0541 e. The van der Waals surface area contributed by atoms with Crippen LogP contribution in [0.25, 0.3) is 0 Å². The normalized spacial score (nSPS) is 17.5. The zero-order valence-corrected chi connectivity index (χ0v) is 14.0. The van der Waals surface area contributed by atoms with Crippen LogP contribution in [0.2, 0.25) is 0 Å². The van der Waals surface area contributed by atoms with Gasteiger partial charge in [0.1, 0.15) is 0 Å². The number of allylic oxidation sites excluding steroid dienone is 1. The van der Waals surface area contributed by atoms with Crippen molar-refractivity contribution in [2.45, 2.75) is 32.7 Å². The van der Waals surface area contributed by atoms with Crippen molar-refractivity contribution in [3.05, 3.63) is 48.6 Å². The molecule has 0 saturated heterocycles. The Bertz CT molecular complexity index is 390. The Morgan fingerprint density at radius 3 is 2.30 bits per heavy atom. The summed E-state index contributed by atoms with van der Waals surface area (Å²) < 4.78 is 0. The quantitative estimate of drug-likeness (QED) is 0.491. The lowest BCUT2D eigenvalue weighted by atomic mass is 9.82. The van der Waals surface area contributed by atoms with Crippen LogP contribution in [0, 0.1) is 17.8 Å². The van der Waals surface area contributed by atoms with Crippen LogP contribution in [0.4, 0.5) is 0 Å². The maximum absolute atomic E-state index is 6.29. The van der Waals surface area contributed by atoms with Gasteiger partial charge in [0, 0.05) is 13.1 Å². The van der Waals surface area contributed by atoms with Crippen molar-refractivity contribution in [2.24, 2.45) is 17.8 Å². The number of benzene rings is 1. The fourth-order valence-corrected chi connectivity index (χ4v) is 2.87. The SMILES string of the molecule is C=CC(Cl)[C@H](C)[C@H](C)[C@@H](C)CN(C)Cc1ccccc1. The van der Waals surface area contributed by atoms with E-state index >= 15 is 0 Å². The lowest BCUT2D eigenvalue weighted by Gasteiger charge is -2.31. The van der Waals surface area contributed by atoms with Gasteiger partial charge in [0.2, 0.25) is 0 Å². The standard InChI is InChI=1S/C18H28ClN/c1-6-18(19)16(4)15(3)14(2)12-20(5)13-17-10-8-7-9-11-17/h6-11,14-16,18H,1,12-13H2,2-5H3/t14-,15+,16+,18?/m0/s1. The molecule has 0 fully saturated rings. The van der Waals surface area contributed by atoms with Gasteiger partial charge in [0.15, 0.2) is 0 Å². The number of nitrogens with zero attached hydrogens (tertiary/aromatic N) is 1. The summed E-state index contributed by atoms with van der Waals surface area (Å²) in [6.07, 6.45) is 1.85. The highest BCUT2D eigenvalue weighted by Crippen LogP contribution is 2.27. The van der Waals surface area contributed by atoms with Crippen molar-refractivity contribution in [3.63, 3.8) is 0 Å². The molecule has 1 unspecified atom stereocenters. The molecule has 4 atom stereocenters. The molecule has 0 heterocycles. The third kappa shape index (κ3) is 5.30. The first kappa shape index (κ1) is 17.3. The summed E-state index contributed by atoms with van der Waals surface area (Å²) in [5.41, 5.74) is 1.37. The van der Waals surface area contributed by atoms with Crippen molar-refractivity contribution >= 4 is 11.6 Å². The van der Waals surface area contributed by atoms with Crippen LogP contribution >= 0.6 is 11.6 Å². The zero-order chi connectivity index (χ0) is 15.1. The van der Waals surface area contributed by atoms with Gasteiger partial charge < -0.3 is 4.90 Å². The van der Waals surface area contributed by atoms with E-state index in [1.165, 1.54) is 5.56 Å². The largest absolute Gasteiger partial charge is 0.302 e. The number of rotatable bonds is 8. The van der Waals surface area contributed by atoms with E-state index in [9.17, 15) is 0 Å². The Morgan fingerprint density at radius 1 is 1.15 bits per heavy atom. The molecule has 112 valence electrons. The third-order valence-electron chi connectivity index (χ3n) is 4.35. The molecule has 0 aliphatic rings. The second kappa shape index (κ2) is 8.49. The van der Waals surface area contributed by atoms with Gasteiger partial charge in [0.25, 0.3) is 0 Å². The molecule has 0 aliphatic carbocycles. The zero-order valence-electron chi connectivity index (χ0n) is 13.2. The molecule has 1 nitrogen and oxygen atoms in total. The van der Waals surface area contributed by atoms with E-state index in [2.05, 4.69) is 69.6 Å². The minimum absolute atomic E-state index is 0.0619. The van der Waals surface area contributed by atoms with Gasteiger partial charge in [-0.15, -0.1) is 18.2 Å². The van der Waals surface area contributed by atoms with Gasteiger partial charge in [-0.05, 0) is 30.4 Å². The summed E-state index contributed by atoms with van der Waals surface area (Å²) in [5, 5.41) is 0.0619. The summed E-state index contributed by atoms with van der Waals surface area (Å²) in [4.78, 5) is 2.39. The van der Waals surface area contributed by atoms with Gasteiger partial charge in [-0.25, -0.2) is 0 Å². The van der Waals surface area contributed by atoms with Gasteiger partial charge >= 0.3 is 0 Å². The average molecular weight is 294 g/mol. The van der Waals surface area contributed by atoms with Crippen LogP contribution < -0.4 is 0 Å². The Kier molecular flexibility index (Phi) is 7.32. The molecule has 20 heavy (non-hydrogen) atoms. The van der Waals surface area contributed by atoms with Crippen molar-refractivity contribution in [1.82, 2.24) is 4.90 Å². The van der Waals surface area contributed by atoms with Crippen molar-refractivity contribution in [2.75, 3.05) is 13.6 Å². The first-order chi connectivity index (χ1) is 9.45. The number of alkyl halides is 1. The first-order valence-electron chi connectivity index (χ1n) is 7.44. The maximum atomic E-state index is 6.29. The third-order valence-corrected chi connectivity index (χ3v) is 4.92. The molecule has 0 bridgehead atoms. The van der Waals surface area contributed by atoms with Crippen molar-refractivity contribution in [3.8, 4) is 0 Å². The second-order valence-corrected chi connectivity index (χ2v) is 6.56. The monoisotopic (exact) mass is 293 g/mol. The number of hydrogen-bond acceptors (Lipinski definition) is 1. The summed E-state index contributed by atoms with van der Waals surface area (Å²) in [6, 6.07) is 10.6. The molecule has 0 N–H and O–H groups in total. The van der Waals surface area contributed by atoms with Crippen LogP contribution in [0.15, 0.2) is 43.0 Å². The fourth-order valence-electron chi connectivity index (χ4n) is 2.64. The van der Waals surface area contributed by atoms with E-state index in [0.717, 1.165) is 13.1 Å². The average Bonchev–Trinajstić information content (AvgIpc) is 2.45. The molecule has 0 aliphatic heterocycles. The van der Waals surface area contributed by atoms with E-state index in [1.54, 1.807) is 0 Å². The minimum Gasteiger partial charge on any atom is -0.302 e. The van der Waals surface area contributed by atoms with E-state index in [-0.39, 0.29) is 5.38 Å². The van der Waals surface area contributed by atoms with E-state index < -0.39 is 0 Å². The Hall–Kier alpha value is -0.790. The predicted octanol–water partition coefficient (Wildman–Crippen LogP) is 4.82. The molecule has 1 rings (SSSR count). The Balaban J connectivity index is 2.48. The van der Waals surface area contributed by atoms with Crippen LogP contribution in [0.3, 0.4) is 0 Å². The summed E-state index contributed by atoms with van der Waals surface area (Å²) in [6.45, 7) is 12.7. The van der Waals surface area contributed by atoms with Crippen LogP contribution in [-0.2, 0) is 6.54 Å². The topological polar surface area (TPSA) is 3.24 Å². The molecular formula is C18H28ClN. The highest BCUT2D eigenvalue weighted by molar-refractivity contribution is 6.21. The van der Waals surface area contributed by atoms with Gasteiger partial charge in [-0.2, -0.15) is 0 Å². The molecule has 0 amide bonds. The molecule has 2 heteroatoms. The summed E-state index contributed by atoms with van der Waals surface area (Å²) in [7, 11) is 2.19. The Morgan fingerprint density at radius 2 is 1.75 bits per heavy atom. The molecule has 0 saturated carbocycles. The molecule has 0 aromatic heterocycles. The van der Waals surface area contributed by atoms with Crippen molar-refractivity contribution < 1.29 is 0 Å². The van der Waals surface area contributed by atoms with E-state index in [0.29, 0.717) is 17.8 Å². The highest BCUT2D eigenvalue weighted by Gasteiger charge is 2.24. The minimum atomic E-state index is 0.0619. The van der Waals surface area contributed by atoms with Crippen LogP contribution in [0.5, 0.6) is 0 Å². The van der Waals surface area contributed by atoms with Crippen molar-refractivity contribution in [1.29, 1.82) is 0 Å². The molecule has 0 radical (unpaired) electrons. The molecule has 1 aromatic rings. The molecule has 0 spiro atoms. The highest BCUT2D eigenvalue weighted by atomic mass is 35.5.